The van der Waals surface area contributed by atoms with Crippen molar-refractivity contribution >= 4 is 11.8 Å². The summed E-state index contributed by atoms with van der Waals surface area (Å²) in [4.78, 5) is 27.7. The first-order valence-electron chi connectivity index (χ1n) is 11.4. The van der Waals surface area contributed by atoms with Crippen LogP contribution in [0.2, 0.25) is 0 Å². The Bertz CT molecular complexity index is 1270. The summed E-state index contributed by atoms with van der Waals surface area (Å²) in [6.45, 7) is 3.21. The van der Waals surface area contributed by atoms with Gasteiger partial charge in [-0.15, -0.1) is 0 Å². The lowest BCUT2D eigenvalue weighted by Crippen LogP contribution is -2.46. The van der Waals surface area contributed by atoms with E-state index in [0.717, 1.165) is 16.8 Å². The fourth-order valence-electron chi connectivity index (χ4n) is 4.24. The minimum Gasteiger partial charge on any atom is -0.472 e. The van der Waals surface area contributed by atoms with Gasteiger partial charge in [-0.05, 0) is 38.0 Å². The van der Waals surface area contributed by atoms with Crippen LogP contribution in [0.1, 0.15) is 39.1 Å². The van der Waals surface area contributed by atoms with Crippen LogP contribution in [0.5, 0.6) is 0 Å². The molecule has 0 aliphatic carbocycles. The van der Waals surface area contributed by atoms with Crippen LogP contribution >= 0.6 is 0 Å². The van der Waals surface area contributed by atoms with E-state index in [4.69, 9.17) is 9.52 Å². The van der Waals surface area contributed by atoms with Gasteiger partial charge in [0.2, 0.25) is 0 Å². The van der Waals surface area contributed by atoms with Crippen LogP contribution < -0.4 is 5.32 Å². The molecular weight excluding hydrogens is 428 g/mol. The Labute approximate surface area is 198 Å². The number of hydrogen-bond donors (Lipinski definition) is 1. The number of rotatable bonds is 5. The number of carbonyl (C=O) groups is 2. The van der Waals surface area contributed by atoms with Crippen LogP contribution in [-0.4, -0.2) is 45.6 Å². The van der Waals surface area contributed by atoms with Crippen molar-refractivity contribution in [2.24, 2.45) is 0 Å². The number of hydrogen-bond acceptors (Lipinski definition) is 4. The third kappa shape index (κ3) is 4.50. The van der Waals surface area contributed by atoms with Crippen LogP contribution in [0.25, 0.3) is 16.9 Å². The molecule has 0 radical (unpaired) electrons. The van der Waals surface area contributed by atoms with Gasteiger partial charge in [0.05, 0.1) is 23.1 Å². The smallest absolute Gasteiger partial charge is 0.257 e. The fraction of sp³-hybridized carbons (Fsp3) is 0.222. The predicted octanol–water partition coefficient (Wildman–Crippen LogP) is 4.48. The van der Waals surface area contributed by atoms with Crippen molar-refractivity contribution in [1.29, 1.82) is 0 Å². The van der Waals surface area contributed by atoms with E-state index in [-0.39, 0.29) is 17.9 Å². The molecule has 7 nitrogen and oxygen atoms in total. The molecule has 7 heteroatoms. The number of amides is 2. The number of nitrogens with zero attached hydrogens (tertiary/aromatic N) is 3. The Hall–Kier alpha value is -4.13. The van der Waals surface area contributed by atoms with E-state index < -0.39 is 0 Å². The third-order valence-electron chi connectivity index (χ3n) is 6.19. The molecule has 1 saturated heterocycles. The summed E-state index contributed by atoms with van der Waals surface area (Å²) in [7, 11) is 0. The zero-order valence-electron chi connectivity index (χ0n) is 19.0. The number of benzene rings is 2. The van der Waals surface area contributed by atoms with Gasteiger partial charge in [-0.25, -0.2) is 4.68 Å². The second-order valence-electron chi connectivity index (χ2n) is 8.59. The average Bonchev–Trinajstić information content (AvgIpc) is 3.56. The second-order valence-corrected chi connectivity index (χ2v) is 8.59. The van der Waals surface area contributed by atoms with Crippen molar-refractivity contribution < 1.29 is 14.0 Å². The number of aromatic nitrogens is 2. The number of nitrogens with one attached hydrogen (secondary N) is 1. The molecule has 2 aromatic carbocycles. The molecule has 1 aliphatic rings. The van der Waals surface area contributed by atoms with Crippen molar-refractivity contribution in [1.82, 2.24) is 20.0 Å². The Balaban J connectivity index is 1.33. The Morgan fingerprint density at radius 3 is 2.41 bits per heavy atom. The highest BCUT2D eigenvalue weighted by Gasteiger charge is 2.27. The zero-order valence-corrected chi connectivity index (χ0v) is 19.0. The molecule has 2 aromatic heterocycles. The minimum atomic E-state index is -0.156. The van der Waals surface area contributed by atoms with Crippen molar-refractivity contribution in [2.75, 3.05) is 13.1 Å². The average molecular weight is 455 g/mol. The van der Waals surface area contributed by atoms with Crippen LogP contribution in [0.15, 0.2) is 83.8 Å². The molecule has 0 bridgehead atoms. The molecule has 0 atom stereocenters. The van der Waals surface area contributed by atoms with Gasteiger partial charge in [0, 0.05) is 30.9 Å². The summed E-state index contributed by atoms with van der Waals surface area (Å²) in [6, 6.07) is 19.4. The van der Waals surface area contributed by atoms with Crippen LogP contribution in [0.3, 0.4) is 0 Å². The Kier molecular flexibility index (Phi) is 5.99. The monoisotopic (exact) mass is 454 g/mol. The fourth-order valence-corrected chi connectivity index (χ4v) is 4.24. The van der Waals surface area contributed by atoms with Crippen LogP contribution in [0.4, 0.5) is 0 Å². The number of likely N-dealkylation sites (tertiary alicyclic amines) is 1. The molecule has 4 aromatic rings. The summed E-state index contributed by atoms with van der Waals surface area (Å²) in [5, 5.41) is 7.92. The molecule has 0 saturated carbocycles. The van der Waals surface area contributed by atoms with Gasteiger partial charge in [-0.2, -0.15) is 5.10 Å². The number of carbonyl (C=O) groups excluding carboxylic acids is 2. The lowest BCUT2D eigenvalue weighted by Gasteiger charge is -2.32. The van der Waals surface area contributed by atoms with Gasteiger partial charge in [0.15, 0.2) is 0 Å². The second kappa shape index (κ2) is 9.39. The summed E-state index contributed by atoms with van der Waals surface area (Å²) in [5.74, 6) is -0.193. The van der Waals surface area contributed by atoms with Crippen molar-refractivity contribution in [3.05, 3.63) is 96.1 Å². The van der Waals surface area contributed by atoms with Gasteiger partial charge in [0.1, 0.15) is 12.0 Å². The predicted molar refractivity (Wildman–Crippen MR) is 129 cm³/mol. The third-order valence-corrected chi connectivity index (χ3v) is 6.19. The highest BCUT2D eigenvalue weighted by Crippen LogP contribution is 2.24. The summed E-state index contributed by atoms with van der Waals surface area (Å²) >= 11 is 0. The van der Waals surface area contributed by atoms with E-state index >= 15 is 0 Å². The van der Waals surface area contributed by atoms with E-state index in [2.05, 4.69) is 5.32 Å². The van der Waals surface area contributed by atoms with E-state index in [0.29, 0.717) is 42.8 Å². The molecule has 172 valence electrons. The van der Waals surface area contributed by atoms with E-state index in [1.807, 2.05) is 61.5 Å². The molecule has 2 amide bonds. The molecule has 3 heterocycles. The maximum Gasteiger partial charge on any atom is 0.257 e. The van der Waals surface area contributed by atoms with Crippen molar-refractivity contribution in [3.8, 4) is 16.9 Å². The van der Waals surface area contributed by atoms with Crippen molar-refractivity contribution in [2.45, 2.75) is 25.8 Å². The molecule has 0 unspecified atom stereocenters. The van der Waals surface area contributed by atoms with Gasteiger partial charge in [0.25, 0.3) is 11.8 Å². The van der Waals surface area contributed by atoms with Crippen molar-refractivity contribution in [3.63, 3.8) is 0 Å². The molecular formula is C27H26N4O3. The van der Waals surface area contributed by atoms with Gasteiger partial charge in [-0.1, -0.05) is 48.0 Å². The van der Waals surface area contributed by atoms with E-state index in [1.54, 1.807) is 21.8 Å². The summed E-state index contributed by atoms with van der Waals surface area (Å²) < 4.78 is 6.78. The minimum absolute atomic E-state index is 0.00718. The molecule has 0 spiro atoms. The number of piperidine rings is 1. The van der Waals surface area contributed by atoms with E-state index in [1.165, 1.54) is 12.5 Å². The first kappa shape index (κ1) is 21.7. The van der Waals surface area contributed by atoms with Gasteiger partial charge >= 0.3 is 0 Å². The summed E-state index contributed by atoms with van der Waals surface area (Å²) in [6.07, 6.45) is 6.15. The lowest BCUT2D eigenvalue weighted by molar-refractivity contribution is 0.0697. The molecule has 1 aliphatic heterocycles. The number of aryl methyl sites for hydroxylation is 1. The normalized spacial score (nSPS) is 14.2. The highest BCUT2D eigenvalue weighted by atomic mass is 16.3. The maximum atomic E-state index is 13.4. The largest absolute Gasteiger partial charge is 0.472 e. The topological polar surface area (TPSA) is 80.4 Å². The standard InChI is InChI=1S/C27H26N4O3/c1-19-7-9-23(10-8-19)31-17-24(25(29-31)20-5-3-2-4-6-20)26(32)28-22-11-14-30(15-12-22)27(33)21-13-16-34-18-21/h2-10,13,16-18,22H,11-12,14-15H2,1H3,(H,28,32). The Morgan fingerprint density at radius 1 is 1.00 bits per heavy atom. The zero-order chi connectivity index (χ0) is 23.5. The van der Waals surface area contributed by atoms with Crippen LogP contribution in [0, 0.1) is 6.92 Å². The van der Waals surface area contributed by atoms with Gasteiger partial charge < -0.3 is 14.6 Å². The van der Waals surface area contributed by atoms with Crippen LogP contribution in [-0.2, 0) is 0 Å². The first-order chi connectivity index (χ1) is 16.6. The SMILES string of the molecule is Cc1ccc(-n2cc(C(=O)NC3CCN(C(=O)c4ccoc4)CC3)c(-c3ccccc3)n2)cc1. The highest BCUT2D eigenvalue weighted by molar-refractivity contribution is 6.00. The summed E-state index contributed by atoms with van der Waals surface area (Å²) in [5.41, 5.74) is 4.68. The number of furan rings is 1. The first-order valence-corrected chi connectivity index (χ1v) is 11.4. The van der Waals surface area contributed by atoms with Gasteiger partial charge in [-0.3, -0.25) is 9.59 Å². The maximum absolute atomic E-state index is 13.4. The van der Waals surface area contributed by atoms with E-state index in [9.17, 15) is 9.59 Å². The molecule has 1 N–H and O–H groups in total. The lowest BCUT2D eigenvalue weighted by atomic mass is 10.0. The molecule has 5 rings (SSSR count). The Morgan fingerprint density at radius 2 is 1.74 bits per heavy atom. The molecule has 1 fully saturated rings. The quantitative estimate of drug-likeness (QED) is 0.482. The molecule has 34 heavy (non-hydrogen) atoms.